The van der Waals surface area contributed by atoms with Crippen molar-refractivity contribution < 1.29 is 9.53 Å². The molecule has 0 unspecified atom stereocenters. The first-order valence-electron chi connectivity index (χ1n) is 9.70. The second-order valence-electron chi connectivity index (χ2n) is 8.28. The molecule has 0 saturated carbocycles. The number of fused-ring (bicyclic) bond motifs is 1. The summed E-state index contributed by atoms with van der Waals surface area (Å²) in [6.07, 6.45) is 0. The molecule has 0 saturated heterocycles. The van der Waals surface area contributed by atoms with Crippen LogP contribution in [-0.2, 0) is 5.41 Å². The third-order valence-electron chi connectivity index (χ3n) is 4.90. The maximum absolute atomic E-state index is 13.1. The number of esters is 1. The average Bonchev–Trinajstić information content (AvgIpc) is 3.12. The van der Waals surface area contributed by atoms with Crippen molar-refractivity contribution in [2.75, 3.05) is 0 Å². The van der Waals surface area contributed by atoms with Crippen molar-refractivity contribution in [2.45, 2.75) is 33.1 Å². The van der Waals surface area contributed by atoms with Gasteiger partial charge in [-0.15, -0.1) is 0 Å². The first-order chi connectivity index (χ1) is 13.8. The molecule has 0 aliphatic carbocycles. The molecule has 0 N–H and O–H groups in total. The highest BCUT2D eigenvalue weighted by Gasteiger charge is 2.23. The first-order valence-corrected chi connectivity index (χ1v) is 9.70. The SMILES string of the molecule is Cc1cccc(-n2nc(C(C)(C)C)cc2OC(=O)c2cccc3ccccc23)c1. The summed E-state index contributed by atoms with van der Waals surface area (Å²) in [5.41, 5.74) is 3.20. The van der Waals surface area contributed by atoms with Gasteiger partial charge in [0, 0.05) is 11.5 Å². The number of nitrogens with zero attached hydrogens (tertiary/aromatic N) is 2. The summed E-state index contributed by atoms with van der Waals surface area (Å²) >= 11 is 0. The van der Waals surface area contributed by atoms with Crippen LogP contribution in [0, 0.1) is 6.92 Å². The molecule has 0 spiro atoms. The smallest absolute Gasteiger partial charge is 0.345 e. The van der Waals surface area contributed by atoms with E-state index in [9.17, 15) is 4.79 Å². The van der Waals surface area contributed by atoms with Gasteiger partial charge < -0.3 is 4.74 Å². The number of ether oxygens (including phenoxy) is 1. The lowest BCUT2D eigenvalue weighted by Crippen LogP contribution is -2.13. The van der Waals surface area contributed by atoms with Gasteiger partial charge in [0.2, 0.25) is 5.88 Å². The van der Waals surface area contributed by atoms with Crippen LogP contribution in [0.4, 0.5) is 0 Å². The number of carbonyl (C=O) groups excluding carboxylic acids is 1. The fourth-order valence-electron chi connectivity index (χ4n) is 3.30. The van der Waals surface area contributed by atoms with E-state index >= 15 is 0 Å². The van der Waals surface area contributed by atoms with Crippen molar-refractivity contribution in [1.82, 2.24) is 9.78 Å². The zero-order valence-electron chi connectivity index (χ0n) is 17.1. The molecule has 4 rings (SSSR count). The average molecular weight is 384 g/mol. The Morgan fingerprint density at radius 1 is 0.931 bits per heavy atom. The second kappa shape index (κ2) is 7.21. The zero-order chi connectivity index (χ0) is 20.6. The van der Waals surface area contributed by atoms with E-state index in [4.69, 9.17) is 9.84 Å². The molecule has 0 radical (unpaired) electrons. The summed E-state index contributed by atoms with van der Waals surface area (Å²) < 4.78 is 7.58. The molecule has 3 aromatic carbocycles. The van der Waals surface area contributed by atoms with Crippen LogP contribution in [0.15, 0.2) is 72.8 Å². The van der Waals surface area contributed by atoms with Gasteiger partial charge in [0.15, 0.2) is 0 Å². The van der Waals surface area contributed by atoms with E-state index in [0.717, 1.165) is 27.7 Å². The van der Waals surface area contributed by atoms with E-state index in [0.29, 0.717) is 11.4 Å². The Morgan fingerprint density at radius 3 is 2.41 bits per heavy atom. The Morgan fingerprint density at radius 2 is 1.66 bits per heavy atom. The predicted molar refractivity (Wildman–Crippen MR) is 116 cm³/mol. The van der Waals surface area contributed by atoms with Gasteiger partial charge in [0.1, 0.15) is 0 Å². The number of aromatic nitrogens is 2. The highest BCUT2D eigenvalue weighted by Crippen LogP contribution is 2.29. The number of hydrogen-bond donors (Lipinski definition) is 0. The Balaban J connectivity index is 1.78. The van der Waals surface area contributed by atoms with Crippen molar-refractivity contribution in [2.24, 2.45) is 0 Å². The van der Waals surface area contributed by atoms with Crippen LogP contribution in [0.1, 0.15) is 42.4 Å². The summed E-state index contributed by atoms with van der Waals surface area (Å²) in [4.78, 5) is 13.1. The molecule has 0 aliphatic rings. The number of carbonyl (C=O) groups is 1. The Hall–Kier alpha value is -3.40. The van der Waals surface area contributed by atoms with Gasteiger partial charge in [-0.2, -0.15) is 5.10 Å². The van der Waals surface area contributed by atoms with Gasteiger partial charge >= 0.3 is 5.97 Å². The van der Waals surface area contributed by atoms with Gasteiger partial charge in [0.05, 0.1) is 16.9 Å². The molecule has 146 valence electrons. The molecular weight excluding hydrogens is 360 g/mol. The molecule has 0 atom stereocenters. The Labute approximate surface area is 170 Å². The van der Waals surface area contributed by atoms with Crippen molar-refractivity contribution in [1.29, 1.82) is 0 Å². The maximum Gasteiger partial charge on any atom is 0.345 e. The summed E-state index contributed by atoms with van der Waals surface area (Å²) in [7, 11) is 0. The second-order valence-corrected chi connectivity index (χ2v) is 8.28. The number of aryl methyl sites for hydroxylation is 1. The van der Waals surface area contributed by atoms with Crippen molar-refractivity contribution in [3.8, 4) is 11.6 Å². The molecule has 29 heavy (non-hydrogen) atoms. The van der Waals surface area contributed by atoms with Gasteiger partial charge in [-0.25, -0.2) is 9.48 Å². The van der Waals surface area contributed by atoms with E-state index in [-0.39, 0.29) is 5.41 Å². The zero-order valence-corrected chi connectivity index (χ0v) is 17.1. The van der Waals surface area contributed by atoms with Crippen LogP contribution in [-0.4, -0.2) is 15.7 Å². The van der Waals surface area contributed by atoms with Gasteiger partial charge in [-0.1, -0.05) is 69.3 Å². The molecule has 0 bridgehead atoms. The number of hydrogen-bond acceptors (Lipinski definition) is 3. The van der Waals surface area contributed by atoms with Crippen molar-refractivity contribution in [3.05, 3.63) is 89.6 Å². The minimum absolute atomic E-state index is 0.171. The molecule has 0 amide bonds. The van der Waals surface area contributed by atoms with E-state index in [1.807, 2.05) is 73.7 Å². The van der Waals surface area contributed by atoms with Gasteiger partial charge in [-0.3, -0.25) is 0 Å². The number of rotatable bonds is 3. The molecule has 1 heterocycles. The number of benzene rings is 3. The standard InChI is InChI=1S/C25H24N2O2/c1-17-9-7-12-19(15-17)27-23(16-22(26-27)25(2,3)4)29-24(28)21-14-8-11-18-10-5-6-13-20(18)21/h5-16H,1-4H3. The van der Waals surface area contributed by atoms with Crippen LogP contribution < -0.4 is 4.74 Å². The quantitative estimate of drug-likeness (QED) is 0.416. The van der Waals surface area contributed by atoms with Crippen LogP contribution >= 0.6 is 0 Å². The van der Waals surface area contributed by atoms with Gasteiger partial charge in [0.25, 0.3) is 0 Å². The summed E-state index contributed by atoms with van der Waals surface area (Å²) in [6, 6.07) is 23.3. The molecule has 4 heteroatoms. The topological polar surface area (TPSA) is 44.1 Å². The third kappa shape index (κ3) is 3.79. The predicted octanol–water partition coefficient (Wildman–Crippen LogP) is 5.85. The summed E-state index contributed by atoms with van der Waals surface area (Å²) in [5.74, 6) is 0.0227. The van der Waals surface area contributed by atoms with E-state index in [1.54, 1.807) is 10.7 Å². The fourth-order valence-corrected chi connectivity index (χ4v) is 3.30. The van der Waals surface area contributed by atoms with E-state index in [1.165, 1.54) is 0 Å². The monoisotopic (exact) mass is 384 g/mol. The largest absolute Gasteiger partial charge is 0.404 e. The van der Waals surface area contributed by atoms with Crippen LogP contribution in [0.5, 0.6) is 5.88 Å². The maximum atomic E-state index is 13.1. The summed E-state index contributed by atoms with van der Waals surface area (Å²) in [5, 5.41) is 6.62. The molecule has 4 nitrogen and oxygen atoms in total. The van der Waals surface area contributed by atoms with Crippen LogP contribution in [0.25, 0.3) is 16.5 Å². The van der Waals surface area contributed by atoms with E-state index < -0.39 is 5.97 Å². The van der Waals surface area contributed by atoms with E-state index in [2.05, 4.69) is 20.8 Å². The lowest BCUT2D eigenvalue weighted by atomic mass is 9.93. The highest BCUT2D eigenvalue weighted by atomic mass is 16.5. The Kier molecular flexibility index (Phi) is 4.71. The summed E-state index contributed by atoms with van der Waals surface area (Å²) in [6.45, 7) is 8.30. The normalized spacial score (nSPS) is 11.6. The fraction of sp³-hybridized carbons (Fsp3) is 0.200. The Bertz CT molecular complexity index is 1190. The highest BCUT2D eigenvalue weighted by molar-refractivity contribution is 6.05. The third-order valence-corrected chi connectivity index (χ3v) is 4.90. The van der Waals surface area contributed by atoms with Crippen LogP contribution in [0.3, 0.4) is 0 Å². The molecule has 0 aliphatic heterocycles. The minimum atomic E-state index is -0.393. The lowest BCUT2D eigenvalue weighted by molar-refractivity contribution is 0.0725. The molecule has 1 aromatic heterocycles. The molecular formula is C25H24N2O2. The molecule has 0 fully saturated rings. The van der Waals surface area contributed by atoms with Gasteiger partial charge in [-0.05, 0) is 41.5 Å². The first kappa shape index (κ1) is 18.9. The van der Waals surface area contributed by atoms with Crippen molar-refractivity contribution in [3.63, 3.8) is 0 Å². The van der Waals surface area contributed by atoms with Crippen molar-refractivity contribution >= 4 is 16.7 Å². The van der Waals surface area contributed by atoms with Crippen LogP contribution in [0.2, 0.25) is 0 Å². The molecule has 4 aromatic rings. The minimum Gasteiger partial charge on any atom is -0.404 e. The lowest BCUT2D eigenvalue weighted by Gasteiger charge is -2.14.